The first-order valence-electron chi connectivity index (χ1n) is 10.4. The average molecular weight is 466 g/mol. The van der Waals surface area contributed by atoms with Gasteiger partial charge in [0.15, 0.2) is 6.61 Å². The van der Waals surface area contributed by atoms with Crippen LogP contribution < -0.4 is 4.74 Å². The van der Waals surface area contributed by atoms with E-state index in [1.807, 2.05) is 0 Å². The Morgan fingerprint density at radius 3 is 2.48 bits per heavy atom. The molecule has 0 bridgehead atoms. The van der Waals surface area contributed by atoms with Crippen molar-refractivity contribution < 1.29 is 37.7 Å². The molecule has 2 aromatic rings. The number of alkyl halides is 2. The Morgan fingerprint density at radius 2 is 1.91 bits per heavy atom. The minimum atomic E-state index is -3.33. The van der Waals surface area contributed by atoms with Gasteiger partial charge in [-0.25, -0.2) is 13.5 Å². The summed E-state index contributed by atoms with van der Waals surface area (Å²) in [6.07, 6.45) is 0.529. The molecule has 0 radical (unpaired) electrons. The van der Waals surface area contributed by atoms with Gasteiger partial charge in [0.05, 0.1) is 18.4 Å². The van der Waals surface area contributed by atoms with E-state index in [2.05, 4.69) is 5.10 Å². The first kappa shape index (κ1) is 26.0. The third-order valence-corrected chi connectivity index (χ3v) is 5.49. The number of carbonyl (C=O) groups excluding carboxylic acids is 2. The molecule has 0 fully saturated rings. The van der Waals surface area contributed by atoms with E-state index in [1.54, 1.807) is 31.2 Å². The molecule has 1 N–H and O–H groups in total. The van der Waals surface area contributed by atoms with Gasteiger partial charge in [0.2, 0.25) is 11.8 Å². The van der Waals surface area contributed by atoms with E-state index in [1.165, 1.54) is 33.2 Å². The lowest BCUT2D eigenvalue weighted by atomic mass is 9.77. The van der Waals surface area contributed by atoms with E-state index in [-0.39, 0.29) is 12.3 Å². The average Bonchev–Trinajstić information content (AvgIpc) is 3.25. The van der Waals surface area contributed by atoms with Gasteiger partial charge >= 0.3 is 11.9 Å². The largest absolute Gasteiger partial charge is 0.481 e. The first-order valence-corrected chi connectivity index (χ1v) is 10.4. The van der Waals surface area contributed by atoms with Crippen molar-refractivity contribution >= 4 is 17.8 Å². The van der Waals surface area contributed by atoms with Gasteiger partial charge in [-0.05, 0) is 30.9 Å². The standard InChI is InChI=1S/C23H28F2N2O6/c1-15(20(29)32-4)12-17-6-5-7-18(13-17)22(3,21(30)31)9-10-23(24,25)14-33-19-8-11-27(26-19)16(2)28/h5-8,11,13,15H,9-10,12,14H2,1-4H3,(H,30,31)/t15-,22?/m0/s1. The van der Waals surface area contributed by atoms with Crippen molar-refractivity contribution in [3.05, 3.63) is 47.7 Å². The topological polar surface area (TPSA) is 108 Å². The molecule has 1 aromatic carbocycles. The maximum absolute atomic E-state index is 14.5. The number of hydrogen-bond acceptors (Lipinski definition) is 6. The molecule has 1 heterocycles. The van der Waals surface area contributed by atoms with E-state index < -0.39 is 48.1 Å². The summed E-state index contributed by atoms with van der Waals surface area (Å²) >= 11 is 0. The highest BCUT2D eigenvalue weighted by atomic mass is 19.3. The van der Waals surface area contributed by atoms with Crippen molar-refractivity contribution in [1.82, 2.24) is 9.78 Å². The number of hydrogen-bond donors (Lipinski definition) is 1. The molecule has 2 atom stereocenters. The molecule has 8 nitrogen and oxygen atoms in total. The highest BCUT2D eigenvalue weighted by molar-refractivity contribution is 5.81. The zero-order valence-corrected chi connectivity index (χ0v) is 19.0. The summed E-state index contributed by atoms with van der Waals surface area (Å²) in [7, 11) is 1.29. The van der Waals surface area contributed by atoms with Gasteiger partial charge in [0.25, 0.3) is 5.92 Å². The van der Waals surface area contributed by atoms with E-state index in [4.69, 9.17) is 9.47 Å². The van der Waals surface area contributed by atoms with Gasteiger partial charge in [0, 0.05) is 25.6 Å². The fraction of sp³-hybridized carbons (Fsp3) is 0.478. The molecule has 1 unspecified atom stereocenters. The lowest BCUT2D eigenvalue weighted by Crippen LogP contribution is -2.36. The van der Waals surface area contributed by atoms with Crippen LogP contribution in [0.15, 0.2) is 36.5 Å². The number of aliphatic carboxylic acids is 1. The van der Waals surface area contributed by atoms with Crippen molar-refractivity contribution in [3.63, 3.8) is 0 Å². The Kier molecular flexibility index (Phi) is 8.29. The molecule has 33 heavy (non-hydrogen) atoms. The minimum absolute atomic E-state index is 0.127. The van der Waals surface area contributed by atoms with E-state index in [9.17, 15) is 28.3 Å². The Morgan fingerprint density at radius 1 is 1.21 bits per heavy atom. The van der Waals surface area contributed by atoms with Crippen LogP contribution in [0.3, 0.4) is 0 Å². The van der Waals surface area contributed by atoms with Gasteiger partial charge in [0.1, 0.15) is 0 Å². The summed E-state index contributed by atoms with van der Waals surface area (Å²) in [5.74, 6) is -5.91. The fourth-order valence-corrected chi connectivity index (χ4v) is 3.30. The summed E-state index contributed by atoms with van der Waals surface area (Å²) < 4.78 is 39.7. The van der Waals surface area contributed by atoms with Crippen LogP contribution in [-0.4, -0.2) is 52.4 Å². The third kappa shape index (κ3) is 6.84. The summed E-state index contributed by atoms with van der Waals surface area (Å²) in [6, 6.07) is 7.87. The summed E-state index contributed by atoms with van der Waals surface area (Å²) in [5.41, 5.74) is -0.514. The van der Waals surface area contributed by atoms with Crippen molar-refractivity contribution in [2.75, 3.05) is 13.7 Å². The fourth-order valence-electron chi connectivity index (χ4n) is 3.30. The molecule has 0 aliphatic heterocycles. The van der Waals surface area contributed by atoms with Crippen LogP contribution >= 0.6 is 0 Å². The third-order valence-electron chi connectivity index (χ3n) is 5.49. The minimum Gasteiger partial charge on any atom is -0.481 e. The normalized spacial score (nSPS) is 14.2. The molecule has 180 valence electrons. The van der Waals surface area contributed by atoms with Gasteiger partial charge in [-0.15, -0.1) is 5.10 Å². The second-order valence-electron chi connectivity index (χ2n) is 8.23. The Labute approximate surface area is 190 Å². The number of aromatic nitrogens is 2. The predicted octanol–water partition coefficient (Wildman–Crippen LogP) is 3.73. The second-order valence-corrected chi connectivity index (χ2v) is 8.23. The van der Waals surface area contributed by atoms with Gasteiger partial charge in [-0.3, -0.25) is 14.4 Å². The molecule has 0 spiro atoms. The van der Waals surface area contributed by atoms with Crippen LogP contribution in [0, 0.1) is 5.92 Å². The molecule has 0 amide bonds. The van der Waals surface area contributed by atoms with Crippen LogP contribution in [0.2, 0.25) is 0 Å². The number of benzene rings is 1. The summed E-state index contributed by atoms with van der Waals surface area (Å²) in [6.45, 7) is 3.34. The Balaban J connectivity index is 2.10. The summed E-state index contributed by atoms with van der Waals surface area (Å²) in [4.78, 5) is 35.0. The molecule has 2 rings (SSSR count). The predicted molar refractivity (Wildman–Crippen MR) is 115 cm³/mol. The number of halogens is 2. The second kappa shape index (κ2) is 10.5. The van der Waals surface area contributed by atoms with Gasteiger partial charge in [-0.2, -0.15) is 0 Å². The van der Waals surface area contributed by atoms with Gasteiger partial charge < -0.3 is 14.6 Å². The van der Waals surface area contributed by atoms with Crippen LogP contribution in [0.4, 0.5) is 8.78 Å². The number of rotatable bonds is 11. The zero-order chi connectivity index (χ0) is 24.8. The maximum atomic E-state index is 14.5. The number of nitrogens with zero attached hydrogens (tertiary/aromatic N) is 2. The summed E-state index contributed by atoms with van der Waals surface area (Å²) in [5, 5.41) is 13.6. The first-order chi connectivity index (χ1) is 15.4. The highest BCUT2D eigenvalue weighted by Gasteiger charge is 2.40. The maximum Gasteiger partial charge on any atom is 0.313 e. The monoisotopic (exact) mass is 466 g/mol. The Hall–Kier alpha value is -3.30. The number of esters is 1. The van der Waals surface area contributed by atoms with E-state index >= 15 is 0 Å². The highest BCUT2D eigenvalue weighted by Crippen LogP contribution is 2.35. The SMILES string of the molecule is COC(=O)[C@@H](C)Cc1cccc(C(C)(CCC(F)(F)COc2ccn(C(C)=O)n2)C(=O)O)c1. The van der Waals surface area contributed by atoms with Gasteiger partial charge in [-0.1, -0.05) is 31.2 Å². The number of methoxy groups -OCH3 is 1. The van der Waals surface area contributed by atoms with Crippen LogP contribution in [0.25, 0.3) is 0 Å². The lowest BCUT2D eigenvalue weighted by molar-refractivity contribution is -0.145. The van der Waals surface area contributed by atoms with Crippen LogP contribution in [-0.2, 0) is 26.2 Å². The van der Waals surface area contributed by atoms with Crippen molar-refractivity contribution in [1.29, 1.82) is 0 Å². The number of carboxylic acid groups (broad SMARTS) is 1. The number of carboxylic acids is 1. The van der Waals surface area contributed by atoms with Crippen molar-refractivity contribution in [2.45, 2.75) is 51.4 Å². The van der Waals surface area contributed by atoms with Crippen LogP contribution in [0.5, 0.6) is 5.88 Å². The van der Waals surface area contributed by atoms with Crippen molar-refractivity contribution in [3.8, 4) is 5.88 Å². The smallest absolute Gasteiger partial charge is 0.313 e. The van der Waals surface area contributed by atoms with Crippen LogP contribution in [0.1, 0.15) is 49.5 Å². The molecule has 0 saturated heterocycles. The number of carbonyl (C=O) groups is 3. The molecule has 0 saturated carbocycles. The molecular weight excluding hydrogens is 438 g/mol. The number of ether oxygens (including phenoxy) is 2. The molecule has 10 heteroatoms. The quantitative estimate of drug-likeness (QED) is 0.503. The molecule has 0 aliphatic carbocycles. The molecule has 0 aliphatic rings. The molecular formula is C23H28F2N2O6. The van der Waals surface area contributed by atoms with E-state index in [0.29, 0.717) is 17.5 Å². The van der Waals surface area contributed by atoms with Crippen molar-refractivity contribution in [2.24, 2.45) is 5.92 Å². The zero-order valence-electron chi connectivity index (χ0n) is 19.0. The van der Waals surface area contributed by atoms with E-state index in [0.717, 1.165) is 4.68 Å². The lowest BCUT2D eigenvalue weighted by Gasteiger charge is -2.28. The molecule has 1 aromatic heterocycles. The Bertz CT molecular complexity index is 1010.